The first kappa shape index (κ1) is 14.6. The summed E-state index contributed by atoms with van der Waals surface area (Å²) in [6, 6.07) is 1.50. The van der Waals surface area contributed by atoms with Crippen molar-refractivity contribution >= 4 is 21.4 Å². The number of thiophene rings is 1. The van der Waals surface area contributed by atoms with Crippen LogP contribution in [0.5, 0.6) is 0 Å². The molecule has 0 aromatic carbocycles. The zero-order chi connectivity index (χ0) is 13.3. The fraction of sp³-hybridized carbons (Fsp3) is 0.636. The highest BCUT2D eigenvalue weighted by Crippen LogP contribution is 2.23. The minimum Gasteiger partial charge on any atom is -0.326 e. The van der Waals surface area contributed by atoms with E-state index in [1.54, 1.807) is 11.4 Å². The van der Waals surface area contributed by atoms with Gasteiger partial charge in [0.05, 0.1) is 4.90 Å². The minimum absolute atomic E-state index is 0.111. The van der Waals surface area contributed by atoms with E-state index in [-0.39, 0.29) is 11.5 Å². The van der Waals surface area contributed by atoms with Gasteiger partial charge in [-0.2, -0.15) is 0 Å². The normalized spacial score (nSPS) is 14.9. The second kappa shape index (κ2) is 5.06. The molecule has 3 N–H and O–H groups in total. The highest BCUT2D eigenvalue weighted by Gasteiger charge is 2.26. The Labute approximate surface area is 107 Å². The first-order chi connectivity index (χ1) is 7.66. The molecule has 0 aliphatic rings. The Morgan fingerprint density at radius 1 is 1.47 bits per heavy atom. The summed E-state index contributed by atoms with van der Waals surface area (Å²) in [4.78, 5) is 1.17. The van der Waals surface area contributed by atoms with E-state index in [2.05, 4.69) is 4.72 Å². The van der Waals surface area contributed by atoms with Gasteiger partial charge in [-0.25, -0.2) is 13.1 Å². The minimum atomic E-state index is -3.43. The summed E-state index contributed by atoms with van der Waals surface area (Å²) >= 11 is 1.37. The van der Waals surface area contributed by atoms with Crippen molar-refractivity contribution in [2.24, 2.45) is 11.1 Å². The molecule has 17 heavy (non-hydrogen) atoms. The van der Waals surface area contributed by atoms with Gasteiger partial charge in [0.1, 0.15) is 0 Å². The molecule has 0 fully saturated rings. The van der Waals surface area contributed by atoms with Crippen molar-refractivity contribution in [1.82, 2.24) is 4.72 Å². The third-order valence-electron chi connectivity index (χ3n) is 2.77. The quantitative estimate of drug-likeness (QED) is 0.882. The molecule has 0 saturated heterocycles. The smallest absolute Gasteiger partial charge is 0.241 e. The Hall–Kier alpha value is -0.430. The van der Waals surface area contributed by atoms with Gasteiger partial charge in [0.2, 0.25) is 10.0 Å². The van der Waals surface area contributed by atoms with Gasteiger partial charge >= 0.3 is 0 Å². The number of rotatable bonds is 4. The third-order valence-corrected chi connectivity index (χ3v) is 5.40. The van der Waals surface area contributed by atoms with Gasteiger partial charge in [-0.3, -0.25) is 0 Å². The first-order valence-electron chi connectivity index (χ1n) is 5.46. The van der Waals surface area contributed by atoms with E-state index in [0.717, 1.165) is 4.88 Å². The average molecular weight is 276 g/mol. The second-order valence-corrected chi connectivity index (χ2v) is 7.87. The van der Waals surface area contributed by atoms with Crippen LogP contribution in [-0.2, 0) is 16.6 Å². The lowest BCUT2D eigenvalue weighted by Gasteiger charge is -2.27. The Morgan fingerprint density at radius 3 is 2.47 bits per heavy atom. The van der Waals surface area contributed by atoms with E-state index in [0.29, 0.717) is 11.4 Å². The second-order valence-electron chi connectivity index (χ2n) is 5.16. The molecule has 1 rings (SSSR count). The number of hydrogen-bond acceptors (Lipinski definition) is 4. The number of nitrogens with one attached hydrogen (secondary N) is 1. The van der Waals surface area contributed by atoms with Crippen LogP contribution in [0.1, 0.15) is 32.6 Å². The molecule has 0 aliphatic heterocycles. The summed E-state index contributed by atoms with van der Waals surface area (Å²) in [5, 5.41) is 1.62. The average Bonchev–Trinajstić information content (AvgIpc) is 2.64. The number of hydrogen-bond donors (Lipinski definition) is 2. The summed E-state index contributed by atoms with van der Waals surface area (Å²) in [6.07, 6.45) is 0. The Kier molecular flexibility index (Phi) is 4.35. The number of sulfonamides is 1. The van der Waals surface area contributed by atoms with Gasteiger partial charge in [0.15, 0.2) is 0 Å². The molecule has 0 aliphatic carbocycles. The lowest BCUT2D eigenvalue weighted by atomic mass is 9.89. The van der Waals surface area contributed by atoms with E-state index in [9.17, 15) is 8.42 Å². The Balaban J connectivity index is 2.89. The summed E-state index contributed by atoms with van der Waals surface area (Å²) in [5.41, 5.74) is 5.36. The van der Waals surface area contributed by atoms with Gasteiger partial charge in [-0.1, -0.05) is 20.8 Å². The van der Waals surface area contributed by atoms with E-state index >= 15 is 0 Å². The molecule has 1 heterocycles. The molecular weight excluding hydrogens is 256 g/mol. The molecule has 4 nitrogen and oxygen atoms in total. The molecule has 0 saturated carbocycles. The van der Waals surface area contributed by atoms with Crippen molar-refractivity contribution in [3.8, 4) is 0 Å². The zero-order valence-electron chi connectivity index (χ0n) is 10.6. The molecule has 1 aromatic heterocycles. The summed E-state index contributed by atoms with van der Waals surface area (Å²) in [6.45, 7) is 8.24. The maximum absolute atomic E-state index is 12.1. The highest BCUT2D eigenvalue weighted by atomic mass is 32.2. The van der Waals surface area contributed by atoms with Crippen molar-refractivity contribution < 1.29 is 8.42 Å². The van der Waals surface area contributed by atoms with E-state index in [1.807, 2.05) is 27.7 Å². The molecule has 0 amide bonds. The molecule has 1 unspecified atom stereocenters. The van der Waals surface area contributed by atoms with E-state index in [4.69, 9.17) is 5.73 Å². The van der Waals surface area contributed by atoms with Gasteiger partial charge in [0.25, 0.3) is 0 Å². The van der Waals surface area contributed by atoms with Crippen LogP contribution in [0.4, 0.5) is 0 Å². The predicted molar refractivity (Wildman–Crippen MR) is 71.4 cm³/mol. The Bertz CT molecular complexity index is 472. The SMILES string of the molecule is CC(NS(=O)(=O)c1csc(CN)c1)C(C)(C)C. The van der Waals surface area contributed by atoms with Crippen molar-refractivity contribution in [1.29, 1.82) is 0 Å². The summed E-state index contributed by atoms with van der Waals surface area (Å²) < 4.78 is 26.8. The molecule has 98 valence electrons. The van der Waals surface area contributed by atoms with Crippen LogP contribution >= 0.6 is 11.3 Å². The van der Waals surface area contributed by atoms with Crippen LogP contribution in [0.2, 0.25) is 0 Å². The Morgan fingerprint density at radius 2 is 2.06 bits per heavy atom. The third kappa shape index (κ3) is 3.77. The fourth-order valence-corrected chi connectivity index (χ4v) is 3.69. The van der Waals surface area contributed by atoms with Crippen LogP contribution in [0, 0.1) is 5.41 Å². The van der Waals surface area contributed by atoms with Gasteiger partial charge < -0.3 is 5.73 Å². The van der Waals surface area contributed by atoms with Crippen LogP contribution in [0.25, 0.3) is 0 Å². The zero-order valence-corrected chi connectivity index (χ0v) is 12.3. The lowest BCUT2D eigenvalue weighted by Crippen LogP contribution is -2.41. The van der Waals surface area contributed by atoms with Crippen LogP contribution in [0.15, 0.2) is 16.3 Å². The lowest BCUT2D eigenvalue weighted by molar-refractivity contribution is 0.317. The van der Waals surface area contributed by atoms with Crippen molar-refractivity contribution in [2.45, 2.75) is 45.2 Å². The van der Waals surface area contributed by atoms with Crippen LogP contribution in [0.3, 0.4) is 0 Å². The van der Waals surface area contributed by atoms with Gasteiger partial charge in [0, 0.05) is 22.8 Å². The van der Waals surface area contributed by atoms with Gasteiger partial charge in [-0.15, -0.1) is 11.3 Å². The summed E-state index contributed by atoms with van der Waals surface area (Å²) in [5.74, 6) is 0. The van der Waals surface area contributed by atoms with Crippen molar-refractivity contribution in [3.05, 3.63) is 16.3 Å². The largest absolute Gasteiger partial charge is 0.326 e. The van der Waals surface area contributed by atoms with E-state index < -0.39 is 10.0 Å². The molecule has 6 heteroatoms. The molecule has 1 atom stereocenters. The number of nitrogens with two attached hydrogens (primary N) is 1. The first-order valence-corrected chi connectivity index (χ1v) is 7.83. The van der Waals surface area contributed by atoms with Crippen LogP contribution < -0.4 is 10.5 Å². The van der Waals surface area contributed by atoms with Gasteiger partial charge in [-0.05, 0) is 18.4 Å². The summed E-state index contributed by atoms with van der Waals surface area (Å²) in [7, 11) is -3.43. The van der Waals surface area contributed by atoms with Crippen molar-refractivity contribution in [2.75, 3.05) is 0 Å². The highest BCUT2D eigenvalue weighted by molar-refractivity contribution is 7.89. The van der Waals surface area contributed by atoms with Crippen LogP contribution in [-0.4, -0.2) is 14.5 Å². The maximum Gasteiger partial charge on any atom is 0.241 e. The fourth-order valence-electron chi connectivity index (χ4n) is 1.09. The monoisotopic (exact) mass is 276 g/mol. The van der Waals surface area contributed by atoms with Crippen molar-refractivity contribution in [3.63, 3.8) is 0 Å². The maximum atomic E-state index is 12.1. The molecule has 0 radical (unpaired) electrons. The molecule has 0 bridgehead atoms. The molecule has 1 aromatic rings. The predicted octanol–water partition coefficient (Wildman–Crippen LogP) is 1.92. The molecule has 0 spiro atoms. The molecular formula is C11H20N2O2S2. The van der Waals surface area contributed by atoms with E-state index in [1.165, 1.54) is 11.3 Å². The standard InChI is InChI=1S/C11H20N2O2S2/c1-8(11(2,3)4)13-17(14,15)10-5-9(6-12)16-7-10/h5,7-8,13H,6,12H2,1-4H3. The topological polar surface area (TPSA) is 72.2 Å².